The molecule has 0 unspecified atom stereocenters. The van der Waals surface area contributed by atoms with Crippen molar-refractivity contribution < 1.29 is 19.0 Å². The largest absolute Gasteiger partial charge is 0.486 e. The predicted octanol–water partition coefficient (Wildman–Crippen LogP) is 3.80. The molecule has 1 aliphatic heterocycles. The van der Waals surface area contributed by atoms with Crippen LogP contribution < -0.4 is 14.8 Å². The van der Waals surface area contributed by atoms with Gasteiger partial charge in [0, 0.05) is 16.3 Å². The van der Waals surface area contributed by atoms with Crippen molar-refractivity contribution in [1.29, 1.82) is 0 Å². The molecule has 0 radical (unpaired) electrons. The van der Waals surface area contributed by atoms with E-state index in [1.165, 1.54) is 0 Å². The maximum Gasteiger partial charge on any atom is 0.407 e. The molecular formula is C21H22N6O4. The summed E-state index contributed by atoms with van der Waals surface area (Å²) in [6, 6.07) is 13.0. The fourth-order valence-corrected chi connectivity index (χ4v) is 3.37. The Morgan fingerprint density at radius 1 is 1.39 bits per heavy atom. The summed E-state index contributed by atoms with van der Waals surface area (Å²) in [7, 11) is 0. The van der Waals surface area contributed by atoms with Crippen LogP contribution in [0.25, 0.3) is 21.3 Å². The highest BCUT2D eigenvalue weighted by Gasteiger charge is 2.25. The van der Waals surface area contributed by atoms with E-state index in [-0.39, 0.29) is 25.3 Å². The first-order valence-corrected chi connectivity index (χ1v) is 9.90. The molecule has 2 heterocycles. The van der Waals surface area contributed by atoms with Gasteiger partial charge in [0.2, 0.25) is 0 Å². The molecule has 2 atom stereocenters. The highest BCUT2D eigenvalue weighted by Crippen LogP contribution is 2.39. The van der Waals surface area contributed by atoms with Crippen LogP contribution >= 0.6 is 0 Å². The molecular weight excluding hydrogens is 400 g/mol. The molecule has 31 heavy (non-hydrogen) atoms. The van der Waals surface area contributed by atoms with Crippen molar-refractivity contribution in [3.63, 3.8) is 0 Å². The van der Waals surface area contributed by atoms with Gasteiger partial charge in [0.1, 0.15) is 24.8 Å². The Morgan fingerprint density at radius 3 is 3.03 bits per heavy atom. The van der Waals surface area contributed by atoms with E-state index in [4.69, 9.17) is 19.7 Å². The topological polar surface area (TPSA) is 123 Å². The quantitative estimate of drug-likeness (QED) is 0.352. The first-order chi connectivity index (χ1) is 15.1. The van der Waals surface area contributed by atoms with E-state index in [9.17, 15) is 4.79 Å². The molecule has 10 nitrogen and oxygen atoms in total. The zero-order chi connectivity index (χ0) is 21.6. The third-order valence-corrected chi connectivity index (χ3v) is 4.80. The summed E-state index contributed by atoms with van der Waals surface area (Å²) in [6.07, 6.45) is 0.862. The van der Waals surface area contributed by atoms with Gasteiger partial charge in [-0.1, -0.05) is 35.4 Å². The molecule has 0 fully saturated rings. The lowest BCUT2D eigenvalue weighted by molar-refractivity contribution is 0.0983. The molecule has 1 aromatic heterocycles. The second kappa shape index (κ2) is 9.27. The minimum absolute atomic E-state index is 0.172. The van der Waals surface area contributed by atoms with Crippen LogP contribution in [0.3, 0.4) is 0 Å². The van der Waals surface area contributed by atoms with E-state index >= 15 is 0 Å². The average molecular weight is 422 g/mol. The van der Waals surface area contributed by atoms with Crippen molar-refractivity contribution in [3.05, 3.63) is 64.7 Å². The molecule has 1 N–H and O–H groups in total. The maximum absolute atomic E-state index is 12.1. The first-order valence-electron chi connectivity index (χ1n) is 9.90. The normalized spacial score (nSPS) is 15.7. The number of carbonyl (C=O) groups is 1. The Hall–Kier alpha value is -3.91. The van der Waals surface area contributed by atoms with Gasteiger partial charge in [0.05, 0.1) is 19.3 Å². The smallest absolute Gasteiger partial charge is 0.407 e. The predicted molar refractivity (Wildman–Crippen MR) is 113 cm³/mol. The molecule has 0 spiro atoms. The maximum atomic E-state index is 12.1. The number of benzene rings is 2. The number of hydrogen-bond donors (Lipinski definition) is 1. The van der Waals surface area contributed by atoms with Gasteiger partial charge in [-0.05, 0) is 30.2 Å². The Balaban J connectivity index is 1.43. The van der Waals surface area contributed by atoms with Crippen LogP contribution in [0.2, 0.25) is 0 Å². The van der Waals surface area contributed by atoms with Gasteiger partial charge in [-0.15, -0.1) is 0 Å². The number of rotatable bonds is 7. The fourth-order valence-electron chi connectivity index (χ4n) is 3.37. The first kappa shape index (κ1) is 20.4. The molecule has 4 rings (SSSR count). The lowest BCUT2D eigenvalue weighted by Crippen LogP contribution is -2.36. The molecule has 160 valence electrons. The number of carbonyl (C=O) groups excluding carboxylic acids is 1. The van der Waals surface area contributed by atoms with E-state index in [0.29, 0.717) is 24.7 Å². The lowest BCUT2D eigenvalue weighted by atomic mass is 10.2. The SMILES string of the molecule is C[C@@H](Cn1ncc2ccc3c(c21)O[C@@H](CN=[N+]=[N-])CO3)NC(=O)OCc1ccccc1. The van der Waals surface area contributed by atoms with Crippen LogP contribution in [-0.4, -0.2) is 41.2 Å². The van der Waals surface area contributed by atoms with Crippen LogP contribution in [0.4, 0.5) is 4.79 Å². The third kappa shape index (κ3) is 4.81. The van der Waals surface area contributed by atoms with Gasteiger partial charge in [0.25, 0.3) is 0 Å². The van der Waals surface area contributed by atoms with Crippen molar-refractivity contribution in [2.24, 2.45) is 5.11 Å². The molecule has 1 aliphatic rings. The van der Waals surface area contributed by atoms with Gasteiger partial charge in [0.15, 0.2) is 11.5 Å². The summed E-state index contributed by atoms with van der Waals surface area (Å²) in [5.74, 6) is 1.16. The minimum Gasteiger partial charge on any atom is -0.486 e. The third-order valence-electron chi connectivity index (χ3n) is 4.80. The van der Waals surface area contributed by atoms with Crippen LogP contribution in [0.5, 0.6) is 11.5 Å². The van der Waals surface area contributed by atoms with E-state index in [2.05, 4.69) is 20.4 Å². The molecule has 2 aromatic carbocycles. The van der Waals surface area contributed by atoms with Gasteiger partial charge < -0.3 is 19.5 Å². The molecule has 0 saturated carbocycles. The standard InChI is InChI=1S/C21H22N6O4/c1-14(25-21(28)30-12-15-5-3-2-4-6-15)11-27-19-16(9-24-27)7-8-18-20(19)31-17(13-29-18)10-23-26-22/h2-9,14,17H,10-13H2,1H3,(H,25,28)/t14-,17-/m0/s1. The van der Waals surface area contributed by atoms with E-state index in [0.717, 1.165) is 16.5 Å². The molecule has 0 saturated heterocycles. The zero-order valence-corrected chi connectivity index (χ0v) is 17.0. The number of nitrogens with zero attached hydrogens (tertiary/aromatic N) is 5. The van der Waals surface area contributed by atoms with Crippen molar-refractivity contribution >= 4 is 17.0 Å². The van der Waals surface area contributed by atoms with Gasteiger partial charge in [-0.2, -0.15) is 5.10 Å². The number of hydrogen-bond acceptors (Lipinski definition) is 6. The lowest BCUT2D eigenvalue weighted by Gasteiger charge is -2.26. The Bertz CT molecular complexity index is 1110. The summed E-state index contributed by atoms with van der Waals surface area (Å²) >= 11 is 0. The number of fused-ring (bicyclic) bond motifs is 3. The van der Waals surface area contributed by atoms with E-state index in [1.54, 1.807) is 10.9 Å². The van der Waals surface area contributed by atoms with Crippen molar-refractivity contribution in [2.75, 3.05) is 13.2 Å². The average Bonchev–Trinajstić information content (AvgIpc) is 3.20. The zero-order valence-electron chi connectivity index (χ0n) is 17.0. The number of alkyl carbamates (subject to hydrolysis) is 1. The van der Waals surface area contributed by atoms with Crippen molar-refractivity contribution in [1.82, 2.24) is 15.1 Å². The van der Waals surface area contributed by atoms with Crippen LogP contribution in [0.15, 0.2) is 53.8 Å². The molecule has 10 heteroatoms. The summed E-state index contributed by atoms with van der Waals surface area (Å²) < 4.78 is 18.8. The molecule has 0 aliphatic carbocycles. The molecule has 1 amide bonds. The van der Waals surface area contributed by atoms with E-state index in [1.807, 2.05) is 49.4 Å². The van der Waals surface area contributed by atoms with Gasteiger partial charge >= 0.3 is 6.09 Å². The number of nitrogens with one attached hydrogen (secondary N) is 1. The number of aromatic nitrogens is 2. The fraction of sp³-hybridized carbons (Fsp3) is 0.333. The summed E-state index contributed by atoms with van der Waals surface area (Å²) in [5.41, 5.74) is 10.2. The second-order valence-corrected chi connectivity index (χ2v) is 7.23. The van der Waals surface area contributed by atoms with E-state index < -0.39 is 6.09 Å². The van der Waals surface area contributed by atoms with Gasteiger partial charge in [-0.3, -0.25) is 4.68 Å². The molecule has 0 bridgehead atoms. The number of amides is 1. The summed E-state index contributed by atoms with van der Waals surface area (Å²) in [4.78, 5) is 14.9. The molecule has 3 aromatic rings. The number of ether oxygens (including phenoxy) is 3. The van der Waals surface area contributed by atoms with Gasteiger partial charge in [-0.25, -0.2) is 4.79 Å². The Kier molecular flexibility index (Phi) is 6.09. The van der Waals surface area contributed by atoms with Crippen molar-refractivity contribution in [2.45, 2.75) is 32.2 Å². The van der Waals surface area contributed by atoms with Crippen LogP contribution in [0, 0.1) is 0 Å². The Labute approximate surface area is 178 Å². The summed E-state index contributed by atoms with van der Waals surface area (Å²) in [5, 5.41) is 11.7. The minimum atomic E-state index is -0.496. The number of azide groups is 1. The highest BCUT2D eigenvalue weighted by molar-refractivity contribution is 5.87. The van der Waals surface area contributed by atoms with Crippen molar-refractivity contribution in [3.8, 4) is 11.5 Å². The highest BCUT2D eigenvalue weighted by atomic mass is 16.6. The summed E-state index contributed by atoms with van der Waals surface area (Å²) in [6.45, 7) is 2.96. The van der Waals surface area contributed by atoms with Crippen LogP contribution in [-0.2, 0) is 17.9 Å². The van der Waals surface area contributed by atoms with Crippen LogP contribution in [0.1, 0.15) is 12.5 Å². The second-order valence-electron chi connectivity index (χ2n) is 7.23. The monoisotopic (exact) mass is 422 g/mol. The Morgan fingerprint density at radius 2 is 2.23 bits per heavy atom.